The molecule has 1 saturated heterocycles. The van der Waals surface area contributed by atoms with E-state index in [1.54, 1.807) is 0 Å². The van der Waals surface area contributed by atoms with Crippen molar-refractivity contribution in [3.63, 3.8) is 0 Å². The lowest BCUT2D eigenvalue weighted by Crippen LogP contribution is -2.40. The third-order valence-corrected chi connectivity index (χ3v) is 4.41. The van der Waals surface area contributed by atoms with Crippen LogP contribution in [0, 0.1) is 0 Å². The molecule has 1 aliphatic heterocycles. The largest absolute Gasteiger partial charge is 0.354 e. The molecule has 1 aromatic rings. The second-order valence-corrected chi connectivity index (χ2v) is 6.09. The first-order chi connectivity index (χ1) is 10.3. The number of pyridine rings is 1. The van der Waals surface area contributed by atoms with Crippen LogP contribution in [0.15, 0.2) is 12.1 Å². The van der Waals surface area contributed by atoms with E-state index in [0.717, 1.165) is 19.5 Å². The SMILES string of the molecule is CCCC1CCCCN1c1cc(CNCC)cc(CC)n1. The first-order valence-corrected chi connectivity index (χ1v) is 8.75. The van der Waals surface area contributed by atoms with Crippen LogP contribution in [0.1, 0.15) is 64.1 Å². The molecule has 0 bridgehead atoms. The molecule has 1 unspecified atom stereocenters. The molecule has 3 heteroatoms. The van der Waals surface area contributed by atoms with Gasteiger partial charge >= 0.3 is 0 Å². The molecule has 2 heterocycles. The van der Waals surface area contributed by atoms with Crippen LogP contribution in [0.2, 0.25) is 0 Å². The Morgan fingerprint density at radius 3 is 2.81 bits per heavy atom. The zero-order chi connectivity index (χ0) is 15.1. The maximum atomic E-state index is 4.91. The molecule has 1 fully saturated rings. The predicted molar refractivity (Wildman–Crippen MR) is 90.9 cm³/mol. The third kappa shape index (κ3) is 4.44. The highest BCUT2D eigenvalue weighted by Crippen LogP contribution is 2.27. The van der Waals surface area contributed by atoms with E-state index in [1.807, 2.05) is 0 Å². The van der Waals surface area contributed by atoms with Crippen molar-refractivity contribution >= 4 is 5.82 Å². The summed E-state index contributed by atoms with van der Waals surface area (Å²) in [5.74, 6) is 1.21. The number of anilines is 1. The average molecular weight is 289 g/mol. The van der Waals surface area contributed by atoms with Crippen molar-refractivity contribution in [3.8, 4) is 0 Å². The minimum absolute atomic E-state index is 0.690. The molecule has 21 heavy (non-hydrogen) atoms. The van der Waals surface area contributed by atoms with Gasteiger partial charge in [-0.15, -0.1) is 0 Å². The summed E-state index contributed by atoms with van der Waals surface area (Å²) in [7, 11) is 0. The quantitative estimate of drug-likeness (QED) is 0.825. The van der Waals surface area contributed by atoms with Crippen LogP contribution in [-0.4, -0.2) is 24.1 Å². The van der Waals surface area contributed by atoms with E-state index in [9.17, 15) is 0 Å². The molecular formula is C18H31N3. The van der Waals surface area contributed by atoms with Crippen LogP contribution in [0.5, 0.6) is 0 Å². The summed E-state index contributed by atoms with van der Waals surface area (Å²) in [5.41, 5.74) is 2.60. The van der Waals surface area contributed by atoms with Crippen molar-refractivity contribution < 1.29 is 0 Å². The topological polar surface area (TPSA) is 28.2 Å². The highest BCUT2D eigenvalue weighted by Gasteiger charge is 2.23. The average Bonchev–Trinajstić information content (AvgIpc) is 2.53. The molecule has 1 aromatic heterocycles. The van der Waals surface area contributed by atoms with Crippen LogP contribution in [0.3, 0.4) is 0 Å². The maximum Gasteiger partial charge on any atom is 0.129 e. The summed E-state index contributed by atoms with van der Waals surface area (Å²) < 4.78 is 0. The lowest BCUT2D eigenvalue weighted by Gasteiger charge is -2.37. The minimum Gasteiger partial charge on any atom is -0.354 e. The van der Waals surface area contributed by atoms with E-state index in [2.05, 4.69) is 43.1 Å². The van der Waals surface area contributed by atoms with Crippen LogP contribution < -0.4 is 10.2 Å². The second-order valence-electron chi connectivity index (χ2n) is 6.09. The fourth-order valence-corrected chi connectivity index (χ4v) is 3.27. The Bertz CT molecular complexity index is 428. The molecule has 1 atom stereocenters. The molecule has 0 saturated carbocycles. The van der Waals surface area contributed by atoms with Gasteiger partial charge in [0.2, 0.25) is 0 Å². The molecule has 1 N–H and O–H groups in total. The molecular weight excluding hydrogens is 258 g/mol. The fraction of sp³-hybridized carbons (Fsp3) is 0.722. The monoisotopic (exact) mass is 289 g/mol. The third-order valence-electron chi connectivity index (χ3n) is 4.41. The molecule has 0 aliphatic carbocycles. The van der Waals surface area contributed by atoms with E-state index in [1.165, 1.54) is 55.7 Å². The maximum absolute atomic E-state index is 4.91. The van der Waals surface area contributed by atoms with Crippen LogP contribution >= 0.6 is 0 Å². The van der Waals surface area contributed by atoms with Gasteiger partial charge in [-0.2, -0.15) is 0 Å². The van der Waals surface area contributed by atoms with Crippen molar-refractivity contribution in [3.05, 3.63) is 23.4 Å². The number of hydrogen-bond acceptors (Lipinski definition) is 3. The Morgan fingerprint density at radius 1 is 1.24 bits per heavy atom. The summed E-state index contributed by atoms with van der Waals surface area (Å²) in [6.07, 6.45) is 7.58. The van der Waals surface area contributed by atoms with E-state index >= 15 is 0 Å². The Morgan fingerprint density at radius 2 is 2.10 bits per heavy atom. The van der Waals surface area contributed by atoms with Crippen LogP contribution in [0.4, 0.5) is 5.82 Å². The summed E-state index contributed by atoms with van der Waals surface area (Å²) in [6, 6.07) is 5.25. The van der Waals surface area contributed by atoms with Gasteiger partial charge in [0, 0.05) is 24.8 Å². The molecule has 0 amide bonds. The van der Waals surface area contributed by atoms with E-state index in [0.29, 0.717) is 6.04 Å². The van der Waals surface area contributed by atoms with Crippen molar-refractivity contribution in [1.29, 1.82) is 0 Å². The Hall–Kier alpha value is -1.09. The highest BCUT2D eigenvalue weighted by atomic mass is 15.2. The van der Waals surface area contributed by atoms with Gasteiger partial charge in [0.15, 0.2) is 0 Å². The van der Waals surface area contributed by atoms with Gasteiger partial charge in [-0.3, -0.25) is 0 Å². The molecule has 0 aromatic carbocycles. The molecule has 118 valence electrons. The Balaban J connectivity index is 2.22. The predicted octanol–water partition coefficient (Wildman–Crippen LogP) is 3.91. The number of piperidine rings is 1. The van der Waals surface area contributed by atoms with Crippen LogP contribution in [0.25, 0.3) is 0 Å². The number of aromatic nitrogens is 1. The van der Waals surface area contributed by atoms with Gasteiger partial charge in [0.05, 0.1) is 0 Å². The van der Waals surface area contributed by atoms with Gasteiger partial charge in [-0.05, 0) is 56.3 Å². The molecule has 3 nitrogen and oxygen atoms in total. The van der Waals surface area contributed by atoms with Crippen LogP contribution in [-0.2, 0) is 13.0 Å². The lowest BCUT2D eigenvalue weighted by atomic mass is 9.98. The van der Waals surface area contributed by atoms with Gasteiger partial charge in [0.1, 0.15) is 5.82 Å². The summed E-state index contributed by atoms with van der Waals surface area (Å²) in [4.78, 5) is 7.49. The van der Waals surface area contributed by atoms with Gasteiger partial charge < -0.3 is 10.2 Å². The summed E-state index contributed by atoms with van der Waals surface area (Å²) in [6.45, 7) is 9.78. The Kier molecular flexibility index (Phi) is 6.50. The smallest absolute Gasteiger partial charge is 0.129 e. The number of nitrogens with zero attached hydrogens (tertiary/aromatic N) is 2. The molecule has 1 aliphatic rings. The first kappa shape index (κ1) is 16.3. The molecule has 0 radical (unpaired) electrons. The fourth-order valence-electron chi connectivity index (χ4n) is 3.27. The van der Waals surface area contributed by atoms with Crippen molar-refractivity contribution in [2.45, 2.75) is 71.9 Å². The number of aryl methyl sites for hydroxylation is 1. The minimum atomic E-state index is 0.690. The highest BCUT2D eigenvalue weighted by molar-refractivity contribution is 5.44. The van der Waals surface area contributed by atoms with E-state index in [-0.39, 0.29) is 0 Å². The van der Waals surface area contributed by atoms with Gasteiger partial charge in [-0.25, -0.2) is 4.98 Å². The zero-order valence-electron chi connectivity index (χ0n) is 14.0. The van der Waals surface area contributed by atoms with E-state index in [4.69, 9.17) is 4.98 Å². The van der Waals surface area contributed by atoms with Gasteiger partial charge in [0.25, 0.3) is 0 Å². The van der Waals surface area contributed by atoms with Crippen molar-refractivity contribution in [1.82, 2.24) is 10.3 Å². The number of hydrogen-bond donors (Lipinski definition) is 1. The normalized spacial score (nSPS) is 19.0. The standard InChI is InChI=1S/C18H31N3/c1-4-9-17-10-7-8-11-21(17)18-13-15(14-19-6-3)12-16(5-2)20-18/h12-13,17,19H,4-11,14H2,1-3H3. The molecule has 0 spiro atoms. The van der Waals surface area contributed by atoms with Crippen molar-refractivity contribution in [2.24, 2.45) is 0 Å². The number of nitrogens with one attached hydrogen (secondary N) is 1. The lowest BCUT2D eigenvalue weighted by molar-refractivity contribution is 0.431. The van der Waals surface area contributed by atoms with Crippen molar-refractivity contribution in [2.75, 3.05) is 18.0 Å². The summed E-state index contributed by atoms with van der Waals surface area (Å²) >= 11 is 0. The van der Waals surface area contributed by atoms with Gasteiger partial charge in [-0.1, -0.05) is 27.2 Å². The summed E-state index contributed by atoms with van der Waals surface area (Å²) in [5, 5.41) is 3.44. The first-order valence-electron chi connectivity index (χ1n) is 8.75. The second kappa shape index (κ2) is 8.38. The Labute approximate surface area is 130 Å². The van der Waals surface area contributed by atoms with E-state index < -0.39 is 0 Å². The number of rotatable bonds is 7. The molecule has 2 rings (SSSR count). The zero-order valence-corrected chi connectivity index (χ0v) is 14.0.